The molecule has 0 amide bonds. The smallest absolute Gasteiger partial charge is 0.179 e. The van der Waals surface area contributed by atoms with Gasteiger partial charge in [-0.25, -0.2) is 0 Å². The first-order chi connectivity index (χ1) is 10.2. The Kier molecular flexibility index (Phi) is 4.32. The van der Waals surface area contributed by atoms with Gasteiger partial charge in [0.25, 0.3) is 0 Å². The topological polar surface area (TPSA) is 44.5 Å². The molecule has 0 saturated carbocycles. The molecule has 2 N–H and O–H groups in total. The van der Waals surface area contributed by atoms with Crippen LogP contribution in [0.15, 0.2) is 42.5 Å². The molecule has 0 bridgehead atoms. The molecule has 3 nitrogen and oxygen atoms in total. The Hall–Kier alpha value is -1.71. The molecule has 3 rings (SSSR count). The summed E-state index contributed by atoms with van der Waals surface area (Å²) in [5.74, 6) is 1.36. The molecule has 1 aliphatic heterocycles. The number of nitrogens with two attached hydrogens (primary N) is 1. The summed E-state index contributed by atoms with van der Waals surface area (Å²) in [5.41, 5.74) is 8.44. The van der Waals surface area contributed by atoms with Crippen molar-refractivity contribution in [3.05, 3.63) is 58.6 Å². The van der Waals surface area contributed by atoms with Crippen LogP contribution in [0.1, 0.15) is 23.6 Å². The van der Waals surface area contributed by atoms with Gasteiger partial charge >= 0.3 is 0 Å². The molecule has 0 saturated heterocycles. The highest BCUT2D eigenvalue weighted by Gasteiger charge is 2.17. The van der Waals surface area contributed by atoms with Crippen LogP contribution in [0.3, 0.4) is 0 Å². The van der Waals surface area contributed by atoms with Crippen LogP contribution in [-0.2, 0) is 6.42 Å². The molecule has 1 unspecified atom stereocenters. The molecule has 0 spiro atoms. The first-order valence-electron chi connectivity index (χ1n) is 7.12. The van der Waals surface area contributed by atoms with E-state index in [4.69, 9.17) is 26.8 Å². The van der Waals surface area contributed by atoms with Gasteiger partial charge < -0.3 is 15.2 Å². The van der Waals surface area contributed by atoms with Gasteiger partial charge in [0.1, 0.15) is 0 Å². The van der Waals surface area contributed by atoms with E-state index in [1.807, 2.05) is 42.5 Å². The van der Waals surface area contributed by atoms with E-state index in [-0.39, 0.29) is 6.04 Å². The summed E-state index contributed by atoms with van der Waals surface area (Å²) in [6.45, 7) is 1.28. The Labute approximate surface area is 129 Å². The zero-order valence-corrected chi connectivity index (χ0v) is 12.5. The van der Waals surface area contributed by atoms with E-state index in [1.165, 1.54) is 0 Å². The van der Waals surface area contributed by atoms with Gasteiger partial charge in [0.2, 0.25) is 0 Å². The lowest BCUT2D eigenvalue weighted by atomic mass is 9.99. The Morgan fingerprint density at radius 3 is 2.67 bits per heavy atom. The third kappa shape index (κ3) is 3.31. The average molecular weight is 304 g/mol. The first-order valence-corrected chi connectivity index (χ1v) is 7.50. The average Bonchev–Trinajstić information content (AvgIpc) is 2.74. The van der Waals surface area contributed by atoms with Crippen molar-refractivity contribution in [3.8, 4) is 11.5 Å². The molecule has 1 aliphatic rings. The van der Waals surface area contributed by atoms with Crippen molar-refractivity contribution in [3.63, 3.8) is 0 Å². The van der Waals surface area contributed by atoms with Crippen LogP contribution in [0.5, 0.6) is 11.5 Å². The van der Waals surface area contributed by atoms with E-state index in [1.54, 1.807) is 0 Å². The van der Waals surface area contributed by atoms with Gasteiger partial charge in [0.15, 0.2) is 11.5 Å². The number of benzene rings is 2. The molecule has 0 radical (unpaired) electrons. The summed E-state index contributed by atoms with van der Waals surface area (Å²) < 4.78 is 11.3. The standard InChI is InChI=1S/C17H18ClNO2/c18-14-9-12(10-15(19)13-5-2-1-3-6-13)11-16-17(14)21-8-4-7-20-16/h1-3,5-6,9,11,15H,4,7-8,10,19H2. The lowest BCUT2D eigenvalue weighted by molar-refractivity contribution is 0.297. The Morgan fingerprint density at radius 1 is 1.10 bits per heavy atom. The molecule has 0 fully saturated rings. The summed E-state index contributed by atoms with van der Waals surface area (Å²) >= 11 is 6.30. The van der Waals surface area contributed by atoms with E-state index in [9.17, 15) is 0 Å². The second-order valence-corrected chi connectivity index (χ2v) is 5.58. The molecular formula is C17H18ClNO2. The van der Waals surface area contributed by atoms with E-state index in [0.717, 1.165) is 23.3 Å². The number of ether oxygens (including phenoxy) is 2. The summed E-state index contributed by atoms with van der Waals surface area (Å²) in [7, 11) is 0. The third-order valence-corrected chi connectivity index (χ3v) is 3.83. The monoisotopic (exact) mass is 303 g/mol. The number of hydrogen-bond acceptors (Lipinski definition) is 3. The fraction of sp³-hybridized carbons (Fsp3) is 0.294. The molecule has 1 atom stereocenters. The van der Waals surface area contributed by atoms with E-state index in [2.05, 4.69) is 0 Å². The minimum Gasteiger partial charge on any atom is -0.489 e. The summed E-state index contributed by atoms with van der Waals surface area (Å²) in [6.07, 6.45) is 1.57. The Bertz CT molecular complexity index is 616. The molecule has 2 aromatic rings. The zero-order valence-electron chi connectivity index (χ0n) is 11.7. The second kappa shape index (κ2) is 6.37. The molecule has 110 valence electrons. The maximum absolute atomic E-state index is 6.30. The highest BCUT2D eigenvalue weighted by molar-refractivity contribution is 6.32. The summed E-state index contributed by atoms with van der Waals surface area (Å²) in [5, 5.41) is 0.588. The quantitative estimate of drug-likeness (QED) is 0.939. The second-order valence-electron chi connectivity index (χ2n) is 5.18. The lowest BCUT2D eigenvalue weighted by Crippen LogP contribution is -2.13. The van der Waals surface area contributed by atoms with E-state index < -0.39 is 0 Å². The van der Waals surface area contributed by atoms with Crippen LogP contribution < -0.4 is 15.2 Å². The van der Waals surface area contributed by atoms with Crippen LogP contribution >= 0.6 is 11.6 Å². The molecular weight excluding hydrogens is 286 g/mol. The van der Waals surface area contributed by atoms with Crippen LogP contribution in [0.25, 0.3) is 0 Å². The summed E-state index contributed by atoms with van der Waals surface area (Å²) in [4.78, 5) is 0. The van der Waals surface area contributed by atoms with E-state index >= 15 is 0 Å². The van der Waals surface area contributed by atoms with Crippen LogP contribution in [-0.4, -0.2) is 13.2 Å². The van der Waals surface area contributed by atoms with Crippen LogP contribution in [0.2, 0.25) is 5.02 Å². The Balaban J connectivity index is 1.83. The minimum absolute atomic E-state index is 0.0630. The fourth-order valence-electron chi connectivity index (χ4n) is 2.47. The molecule has 1 heterocycles. The van der Waals surface area contributed by atoms with Crippen molar-refractivity contribution in [1.29, 1.82) is 0 Å². The van der Waals surface area contributed by atoms with Gasteiger partial charge in [-0.05, 0) is 29.7 Å². The normalized spacial score (nSPS) is 15.3. The van der Waals surface area contributed by atoms with Gasteiger partial charge in [-0.15, -0.1) is 0 Å². The van der Waals surface area contributed by atoms with Crippen molar-refractivity contribution in [2.45, 2.75) is 18.9 Å². The highest BCUT2D eigenvalue weighted by Crippen LogP contribution is 2.38. The van der Waals surface area contributed by atoms with Gasteiger partial charge in [-0.2, -0.15) is 0 Å². The number of halogens is 1. The maximum atomic E-state index is 6.30. The fourth-order valence-corrected chi connectivity index (χ4v) is 2.76. The number of fused-ring (bicyclic) bond motifs is 1. The number of rotatable bonds is 3. The lowest BCUT2D eigenvalue weighted by Gasteiger charge is -2.15. The van der Waals surface area contributed by atoms with Gasteiger partial charge in [-0.1, -0.05) is 41.9 Å². The minimum atomic E-state index is -0.0630. The molecule has 0 aliphatic carbocycles. The molecule has 21 heavy (non-hydrogen) atoms. The summed E-state index contributed by atoms with van der Waals surface area (Å²) in [6, 6.07) is 13.9. The third-order valence-electron chi connectivity index (χ3n) is 3.55. The van der Waals surface area contributed by atoms with Crippen molar-refractivity contribution < 1.29 is 9.47 Å². The molecule has 0 aromatic heterocycles. The van der Waals surface area contributed by atoms with Crippen LogP contribution in [0, 0.1) is 0 Å². The highest BCUT2D eigenvalue weighted by atomic mass is 35.5. The Morgan fingerprint density at radius 2 is 1.86 bits per heavy atom. The predicted molar refractivity (Wildman–Crippen MR) is 84.1 cm³/mol. The predicted octanol–water partition coefficient (Wildman–Crippen LogP) is 3.74. The first kappa shape index (κ1) is 14.2. The SMILES string of the molecule is NC(Cc1cc(Cl)c2c(c1)OCCCO2)c1ccccc1. The van der Waals surface area contributed by atoms with Gasteiger partial charge in [0, 0.05) is 12.5 Å². The molecule has 4 heteroatoms. The van der Waals surface area contributed by atoms with Crippen molar-refractivity contribution >= 4 is 11.6 Å². The van der Waals surface area contributed by atoms with Crippen molar-refractivity contribution in [1.82, 2.24) is 0 Å². The largest absolute Gasteiger partial charge is 0.489 e. The van der Waals surface area contributed by atoms with Gasteiger partial charge in [0.05, 0.1) is 18.2 Å². The maximum Gasteiger partial charge on any atom is 0.179 e. The van der Waals surface area contributed by atoms with E-state index in [0.29, 0.717) is 30.4 Å². The number of hydrogen-bond donors (Lipinski definition) is 1. The van der Waals surface area contributed by atoms with Crippen LogP contribution in [0.4, 0.5) is 0 Å². The molecule has 2 aromatic carbocycles. The van der Waals surface area contributed by atoms with Crippen molar-refractivity contribution in [2.24, 2.45) is 5.73 Å². The van der Waals surface area contributed by atoms with Crippen molar-refractivity contribution in [2.75, 3.05) is 13.2 Å². The zero-order chi connectivity index (χ0) is 14.7. The van der Waals surface area contributed by atoms with Gasteiger partial charge in [-0.3, -0.25) is 0 Å².